The number of aromatic carboxylic acids is 1. The average Bonchev–Trinajstić information content (AvgIpc) is 2.85. The van der Waals surface area contributed by atoms with Crippen LogP contribution < -0.4 is 4.74 Å². The van der Waals surface area contributed by atoms with Gasteiger partial charge >= 0.3 is 5.97 Å². The van der Waals surface area contributed by atoms with Crippen molar-refractivity contribution in [2.45, 2.75) is 20.1 Å². The van der Waals surface area contributed by atoms with E-state index in [-0.39, 0.29) is 18.1 Å². The molecule has 0 bridgehead atoms. The topological polar surface area (TPSA) is 94.7 Å². The Balaban J connectivity index is 2.08. The van der Waals surface area contributed by atoms with Crippen molar-refractivity contribution < 1.29 is 23.9 Å². The Morgan fingerprint density at radius 2 is 2.20 bits per heavy atom. The van der Waals surface area contributed by atoms with Gasteiger partial charge in [-0.15, -0.1) is 0 Å². The Kier molecular flexibility index (Phi) is 4.31. The molecule has 0 aromatic carbocycles. The Labute approximate surface area is 115 Å². The summed E-state index contributed by atoms with van der Waals surface area (Å²) < 4.78 is 15.3. The van der Waals surface area contributed by atoms with Crippen molar-refractivity contribution in [3.05, 3.63) is 41.0 Å². The van der Waals surface area contributed by atoms with E-state index in [0.717, 1.165) is 0 Å². The van der Waals surface area contributed by atoms with E-state index >= 15 is 0 Å². The summed E-state index contributed by atoms with van der Waals surface area (Å²) in [5, 5.41) is 12.9. The number of hydrogen-bond donors (Lipinski definition) is 1. The average molecular weight is 278 g/mol. The minimum Gasteiger partial charge on any atom is -0.485 e. The van der Waals surface area contributed by atoms with Crippen LogP contribution in [0.1, 0.15) is 27.6 Å². The molecule has 0 spiro atoms. The molecule has 7 heteroatoms. The number of ether oxygens (including phenoxy) is 2. The van der Waals surface area contributed by atoms with E-state index in [0.29, 0.717) is 23.8 Å². The van der Waals surface area contributed by atoms with Gasteiger partial charge in [0.2, 0.25) is 0 Å². The molecule has 2 rings (SSSR count). The molecule has 2 heterocycles. The van der Waals surface area contributed by atoms with Gasteiger partial charge in [0.1, 0.15) is 18.9 Å². The van der Waals surface area contributed by atoms with Crippen LogP contribution in [0, 0.1) is 6.92 Å². The highest BCUT2D eigenvalue weighted by atomic mass is 16.5. The lowest BCUT2D eigenvalue weighted by molar-refractivity contribution is 0.0684. The molecule has 0 radical (unpaired) electrons. The second-order valence-electron chi connectivity index (χ2n) is 4.11. The van der Waals surface area contributed by atoms with Crippen LogP contribution in [0.4, 0.5) is 0 Å². The fourth-order valence-corrected chi connectivity index (χ4v) is 1.60. The molecule has 0 saturated carbocycles. The number of carbonyl (C=O) groups is 1. The smallest absolute Gasteiger partial charge is 0.358 e. The normalized spacial score (nSPS) is 10.5. The SMILES string of the molecule is COCc1cc(COc2ccc(C)nc2C(=O)O)no1. The summed E-state index contributed by atoms with van der Waals surface area (Å²) in [6.45, 7) is 2.13. The van der Waals surface area contributed by atoms with Crippen LogP contribution in [0.2, 0.25) is 0 Å². The largest absolute Gasteiger partial charge is 0.485 e. The molecule has 2 aromatic heterocycles. The highest BCUT2D eigenvalue weighted by molar-refractivity contribution is 5.88. The lowest BCUT2D eigenvalue weighted by atomic mass is 10.3. The molecule has 0 atom stereocenters. The zero-order chi connectivity index (χ0) is 14.5. The van der Waals surface area contributed by atoms with Crippen molar-refractivity contribution in [3.8, 4) is 5.75 Å². The summed E-state index contributed by atoms with van der Waals surface area (Å²) in [7, 11) is 1.55. The van der Waals surface area contributed by atoms with Crippen molar-refractivity contribution >= 4 is 5.97 Å². The number of rotatable bonds is 6. The zero-order valence-corrected chi connectivity index (χ0v) is 11.1. The van der Waals surface area contributed by atoms with E-state index in [1.807, 2.05) is 0 Å². The highest BCUT2D eigenvalue weighted by Crippen LogP contribution is 2.18. The molecule has 0 aliphatic heterocycles. The number of pyridine rings is 1. The third-order valence-corrected chi connectivity index (χ3v) is 2.47. The predicted molar refractivity (Wildman–Crippen MR) is 67.5 cm³/mol. The molecule has 0 aliphatic rings. The number of hydrogen-bond acceptors (Lipinski definition) is 6. The van der Waals surface area contributed by atoms with Crippen LogP contribution in [0.15, 0.2) is 22.7 Å². The predicted octanol–water partition coefficient (Wildman–Crippen LogP) is 1.80. The van der Waals surface area contributed by atoms with E-state index in [1.165, 1.54) is 0 Å². The fourth-order valence-electron chi connectivity index (χ4n) is 1.60. The fraction of sp³-hybridized carbons (Fsp3) is 0.308. The minimum absolute atomic E-state index is 0.0955. The van der Waals surface area contributed by atoms with Gasteiger partial charge in [-0.1, -0.05) is 5.16 Å². The zero-order valence-electron chi connectivity index (χ0n) is 11.1. The molecule has 0 unspecified atom stereocenters. The van der Waals surface area contributed by atoms with E-state index in [4.69, 9.17) is 19.1 Å². The maximum absolute atomic E-state index is 11.1. The maximum atomic E-state index is 11.1. The second kappa shape index (κ2) is 6.16. The molecule has 1 N–H and O–H groups in total. The first-order valence-electron chi connectivity index (χ1n) is 5.87. The van der Waals surface area contributed by atoms with Gasteiger partial charge in [0.05, 0.1) is 0 Å². The Morgan fingerprint density at radius 3 is 2.90 bits per heavy atom. The van der Waals surface area contributed by atoms with Gasteiger partial charge in [-0.25, -0.2) is 9.78 Å². The van der Waals surface area contributed by atoms with Gasteiger partial charge in [-0.2, -0.15) is 0 Å². The van der Waals surface area contributed by atoms with Crippen LogP contribution in [0.3, 0.4) is 0 Å². The summed E-state index contributed by atoms with van der Waals surface area (Å²) in [5.41, 5.74) is 1.04. The number of methoxy groups -OCH3 is 1. The molecule has 0 aliphatic carbocycles. The van der Waals surface area contributed by atoms with Crippen molar-refractivity contribution in [3.63, 3.8) is 0 Å². The minimum atomic E-state index is -1.14. The molecule has 106 valence electrons. The third-order valence-electron chi connectivity index (χ3n) is 2.47. The van der Waals surface area contributed by atoms with Gasteiger partial charge < -0.3 is 19.1 Å². The lowest BCUT2D eigenvalue weighted by Gasteiger charge is -2.07. The second-order valence-corrected chi connectivity index (χ2v) is 4.11. The highest BCUT2D eigenvalue weighted by Gasteiger charge is 2.14. The molecule has 0 fully saturated rings. The maximum Gasteiger partial charge on any atom is 0.358 e. The number of nitrogens with zero attached hydrogens (tertiary/aromatic N) is 2. The van der Waals surface area contributed by atoms with Crippen LogP contribution in [0.25, 0.3) is 0 Å². The van der Waals surface area contributed by atoms with Crippen LogP contribution in [-0.4, -0.2) is 28.3 Å². The van der Waals surface area contributed by atoms with E-state index in [9.17, 15) is 4.79 Å². The van der Waals surface area contributed by atoms with Crippen LogP contribution >= 0.6 is 0 Å². The quantitative estimate of drug-likeness (QED) is 0.860. The standard InChI is InChI=1S/C13H14N2O5/c1-8-3-4-11(12(14-8)13(16)17)19-6-9-5-10(7-18-2)20-15-9/h3-5H,6-7H2,1-2H3,(H,16,17). The molecular weight excluding hydrogens is 264 g/mol. The van der Waals surface area contributed by atoms with E-state index in [1.54, 1.807) is 32.2 Å². The first-order valence-corrected chi connectivity index (χ1v) is 5.87. The van der Waals surface area contributed by atoms with Gasteiger partial charge in [0.15, 0.2) is 17.2 Å². The van der Waals surface area contributed by atoms with Crippen molar-refractivity contribution in [2.75, 3.05) is 7.11 Å². The molecule has 0 saturated heterocycles. The summed E-state index contributed by atoms with van der Waals surface area (Å²) in [5.74, 6) is -0.366. The van der Waals surface area contributed by atoms with Crippen molar-refractivity contribution in [2.24, 2.45) is 0 Å². The summed E-state index contributed by atoms with van der Waals surface area (Å²) in [6.07, 6.45) is 0. The molecule has 7 nitrogen and oxygen atoms in total. The summed E-state index contributed by atoms with van der Waals surface area (Å²) in [6, 6.07) is 4.94. The van der Waals surface area contributed by atoms with Crippen molar-refractivity contribution in [1.82, 2.24) is 10.1 Å². The van der Waals surface area contributed by atoms with Gasteiger partial charge in [0, 0.05) is 18.9 Å². The Bertz CT molecular complexity index is 609. The molecule has 2 aromatic rings. The molecule has 20 heavy (non-hydrogen) atoms. The molecular formula is C13H14N2O5. The van der Waals surface area contributed by atoms with Crippen LogP contribution in [0.5, 0.6) is 5.75 Å². The van der Waals surface area contributed by atoms with Gasteiger partial charge in [-0.05, 0) is 19.1 Å². The number of carboxylic acid groups (broad SMARTS) is 1. The summed E-state index contributed by atoms with van der Waals surface area (Å²) in [4.78, 5) is 15.0. The first kappa shape index (κ1) is 14.0. The monoisotopic (exact) mass is 278 g/mol. The van der Waals surface area contributed by atoms with E-state index in [2.05, 4.69) is 10.1 Å². The van der Waals surface area contributed by atoms with Gasteiger partial charge in [0.25, 0.3) is 0 Å². The number of aryl methyl sites for hydroxylation is 1. The molecule has 0 amide bonds. The van der Waals surface area contributed by atoms with E-state index < -0.39 is 5.97 Å². The first-order chi connectivity index (χ1) is 9.60. The van der Waals surface area contributed by atoms with Crippen molar-refractivity contribution in [1.29, 1.82) is 0 Å². The van der Waals surface area contributed by atoms with Crippen LogP contribution in [-0.2, 0) is 18.0 Å². The summed E-state index contributed by atoms with van der Waals surface area (Å²) >= 11 is 0. The Morgan fingerprint density at radius 1 is 1.40 bits per heavy atom. The lowest BCUT2D eigenvalue weighted by Crippen LogP contribution is -2.07. The third kappa shape index (κ3) is 3.33. The Hall–Kier alpha value is -2.41. The number of carboxylic acids is 1. The van der Waals surface area contributed by atoms with Gasteiger partial charge in [-0.3, -0.25) is 0 Å². The number of aromatic nitrogens is 2.